The molecule has 1 N–H and O–H groups in total. The Bertz CT molecular complexity index is 559. The summed E-state index contributed by atoms with van der Waals surface area (Å²) in [5.74, 6) is 0. The van der Waals surface area contributed by atoms with Crippen LogP contribution >= 0.6 is 0 Å². The fourth-order valence-corrected chi connectivity index (χ4v) is 2.99. The van der Waals surface area contributed by atoms with Crippen molar-refractivity contribution >= 4 is 16.6 Å². The molecule has 0 amide bonds. The fraction of sp³-hybridized carbons (Fsp3) is 0.471. The lowest BCUT2D eigenvalue weighted by atomic mass is 9.75. The molecule has 0 aliphatic heterocycles. The molecule has 1 fully saturated rings. The van der Waals surface area contributed by atoms with Crippen molar-refractivity contribution in [2.45, 2.75) is 45.6 Å². The second kappa shape index (κ2) is 4.84. The SMILES string of the molecule is CC1(C)CCC(Nc2cccc3ncccc23)CC1. The van der Waals surface area contributed by atoms with Crippen molar-refractivity contribution in [3.05, 3.63) is 36.5 Å². The zero-order valence-corrected chi connectivity index (χ0v) is 11.8. The highest BCUT2D eigenvalue weighted by atomic mass is 14.9. The molecule has 1 aliphatic carbocycles. The topological polar surface area (TPSA) is 24.9 Å². The van der Waals surface area contributed by atoms with Gasteiger partial charge in [-0.15, -0.1) is 0 Å². The Morgan fingerprint density at radius 3 is 2.68 bits per heavy atom. The summed E-state index contributed by atoms with van der Waals surface area (Å²) >= 11 is 0. The van der Waals surface area contributed by atoms with Crippen LogP contribution in [-0.2, 0) is 0 Å². The predicted molar refractivity (Wildman–Crippen MR) is 81.4 cm³/mol. The monoisotopic (exact) mass is 254 g/mol. The van der Waals surface area contributed by atoms with E-state index in [1.165, 1.54) is 36.8 Å². The minimum Gasteiger partial charge on any atom is -0.382 e. The van der Waals surface area contributed by atoms with E-state index in [0.717, 1.165) is 5.52 Å². The molecule has 100 valence electrons. The van der Waals surface area contributed by atoms with Gasteiger partial charge in [0.25, 0.3) is 0 Å². The summed E-state index contributed by atoms with van der Waals surface area (Å²) in [5.41, 5.74) is 2.83. The molecule has 0 unspecified atom stereocenters. The van der Waals surface area contributed by atoms with Crippen LogP contribution < -0.4 is 5.32 Å². The summed E-state index contributed by atoms with van der Waals surface area (Å²) in [5, 5.41) is 4.95. The van der Waals surface area contributed by atoms with Gasteiger partial charge >= 0.3 is 0 Å². The normalized spacial score (nSPS) is 19.5. The number of nitrogens with zero attached hydrogens (tertiary/aromatic N) is 1. The minimum atomic E-state index is 0.526. The highest BCUT2D eigenvalue weighted by Crippen LogP contribution is 2.36. The number of pyridine rings is 1. The maximum Gasteiger partial charge on any atom is 0.0722 e. The quantitative estimate of drug-likeness (QED) is 0.846. The summed E-state index contributed by atoms with van der Waals surface area (Å²) in [6, 6.07) is 11.1. The molecule has 0 radical (unpaired) electrons. The summed E-state index contributed by atoms with van der Waals surface area (Å²) in [4.78, 5) is 4.42. The summed E-state index contributed by atoms with van der Waals surface area (Å²) in [7, 11) is 0. The standard InChI is InChI=1S/C17H22N2/c1-17(2)10-8-13(9-11-17)19-16-7-3-6-15-14(16)5-4-12-18-15/h3-7,12-13,19H,8-11H2,1-2H3. The molecule has 2 aromatic rings. The molecule has 3 rings (SSSR count). The second-order valence-corrected chi connectivity index (χ2v) is 6.46. The van der Waals surface area contributed by atoms with Gasteiger partial charge in [-0.2, -0.15) is 0 Å². The van der Waals surface area contributed by atoms with E-state index >= 15 is 0 Å². The van der Waals surface area contributed by atoms with Crippen LogP contribution in [0.1, 0.15) is 39.5 Å². The maximum atomic E-state index is 4.42. The van der Waals surface area contributed by atoms with Crippen LogP contribution in [0, 0.1) is 5.41 Å². The Labute approximate surface area is 115 Å². The number of fused-ring (bicyclic) bond motifs is 1. The Morgan fingerprint density at radius 2 is 1.89 bits per heavy atom. The average Bonchev–Trinajstić information content (AvgIpc) is 2.42. The first-order valence-corrected chi connectivity index (χ1v) is 7.24. The van der Waals surface area contributed by atoms with Gasteiger partial charge < -0.3 is 5.32 Å². The van der Waals surface area contributed by atoms with Crippen molar-refractivity contribution in [3.8, 4) is 0 Å². The van der Waals surface area contributed by atoms with Gasteiger partial charge in [0.05, 0.1) is 5.52 Å². The van der Waals surface area contributed by atoms with Crippen molar-refractivity contribution in [1.29, 1.82) is 0 Å². The van der Waals surface area contributed by atoms with Gasteiger partial charge in [-0.25, -0.2) is 0 Å². The Hall–Kier alpha value is -1.57. The van der Waals surface area contributed by atoms with Crippen molar-refractivity contribution in [2.75, 3.05) is 5.32 Å². The van der Waals surface area contributed by atoms with Crippen LogP contribution in [0.2, 0.25) is 0 Å². The van der Waals surface area contributed by atoms with Gasteiger partial charge in [-0.3, -0.25) is 4.98 Å². The van der Waals surface area contributed by atoms with E-state index in [1.807, 2.05) is 12.3 Å². The van der Waals surface area contributed by atoms with Crippen LogP contribution in [0.15, 0.2) is 36.5 Å². The number of benzene rings is 1. The molecule has 1 aliphatic rings. The van der Waals surface area contributed by atoms with Gasteiger partial charge in [0, 0.05) is 23.3 Å². The molecule has 19 heavy (non-hydrogen) atoms. The molecule has 1 heterocycles. The van der Waals surface area contributed by atoms with Gasteiger partial charge in [-0.1, -0.05) is 19.9 Å². The van der Waals surface area contributed by atoms with Gasteiger partial charge in [0.1, 0.15) is 0 Å². The second-order valence-electron chi connectivity index (χ2n) is 6.46. The van der Waals surface area contributed by atoms with Crippen LogP contribution in [0.25, 0.3) is 10.9 Å². The van der Waals surface area contributed by atoms with E-state index in [2.05, 4.69) is 48.4 Å². The van der Waals surface area contributed by atoms with Crippen molar-refractivity contribution in [2.24, 2.45) is 5.41 Å². The van der Waals surface area contributed by atoms with Crippen LogP contribution in [0.3, 0.4) is 0 Å². The van der Waals surface area contributed by atoms with E-state index in [4.69, 9.17) is 0 Å². The van der Waals surface area contributed by atoms with E-state index in [1.54, 1.807) is 0 Å². The van der Waals surface area contributed by atoms with Crippen LogP contribution in [-0.4, -0.2) is 11.0 Å². The summed E-state index contributed by atoms with van der Waals surface area (Å²) in [6.07, 6.45) is 7.02. The number of nitrogens with one attached hydrogen (secondary N) is 1. The van der Waals surface area contributed by atoms with Crippen molar-refractivity contribution < 1.29 is 0 Å². The van der Waals surface area contributed by atoms with Crippen molar-refractivity contribution in [1.82, 2.24) is 4.98 Å². The van der Waals surface area contributed by atoms with E-state index in [9.17, 15) is 0 Å². The van der Waals surface area contributed by atoms with E-state index in [-0.39, 0.29) is 0 Å². The Balaban J connectivity index is 1.79. The number of hydrogen-bond donors (Lipinski definition) is 1. The Kier molecular flexibility index (Phi) is 3.17. The van der Waals surface area contributed by atoms with E-state index < -0.39 is 0 Å². The molecular weight excluding hydrogens is 232 g/mol. The number of aromatic nitrogens is 1. The molecule has 1 aromatic heterocycles. The molecule has 1 aromatic carbocycles. The number of anilines is 1. The fourth-order valence-electron chi connectivity index (χ4n) is 2.99. The molecule has 0 saturated heterocycles. The summed E-state index contributed by atoms with van der Waals surface area (Å²) < 4.78 is 0. The minimum absolute atomic E-state index is 0.526. The van der Waals surface area contributed by atoms with Crippen molar-refractivity contribution in [3.63, 3.8) is 0 Å². The first-order chi connectivity index (χ1) is 9.14. The molecule has 1 saturated carbocycles. The summed E-state index contributed by atoms with van der Waals surface area (Å²) in [6.45, 7) is 4.76. The zero-order valence-electron chi connectivity index (χ0n) is 11.8. The number of hydrogen-bond acceptors (Lipinski definition) is 2. The molecule has 2 nitrogen and oxygen atoms in total. The molecular formula is C17H22N2. The number of rotatable bonds is 2. The predicted octanol–water partition coefficient (Wildman–Crippen LogP) is 4.62. The lowest BCUT2D eigenvalue weighted by molar-refractivity contribution is 0.232. The third-order valence-electron chi connectivity index (χ3n) is 4.34. The molecule has 0 atom stereocenters. The first-order valence-electron chi connectivity index (χ1n) is 7.24. The Morgan fingerprint density at radius 1 is 1.11 bits per heavy atom. The molecule has 0 bridgehead atoms. The third kappa shape index (κ3) is 2.73. The lowest BCUT2D eigenvalue weighted by Crippen LogP contribution is -2.29. The van der Waals surface area contributed by atoms with E-state index in [0.29, 0.717) is 11.5 Å². The largest absolute Gasteiger partial charge is 0.382 e. The van der Waals surface area contributed by atoms with Crippen LogP contribution in [0.5, 0.6) is 0 Å². The highest BCUT2D eigenvalue weighted by Gasteiger charge is 2.26. The smallest absolute Gasteiger partial charge is 0.0722 e. The highest BCUT2D eigenvalue weighted by molar-refractivity contribution is 5.91. The van der Waals surface area contributed by atoms with Gasteiger partial charge in [0.15, 0.2) is 0 Å². The first kappa shape index (κ1) is 12.5. The molecule has 0 spiro atoms. The average molecular weight is 254 g/mol. The lowest BCUT2D eigenvalue weighted by Gasteiger charge is -2.35. The van der Waals surface area contributed by atoms with Crippen LogP contribution in [0.4, 0.5) is 5.69 Å². The maximum absolute atomic E-state index is 4.42. The van der Waals surface area contributed by atoms with Gasteiger partial charge in [0.2, 0.25) is 0 Å². The van der Waals surface area contributed by atoms with Gasteiger partial charge in [-0.05, 0) is 55.4 Å². The zero-order chi connectivity index (χ0) is 13.3. The third-order valence-corrected chi connectivity index (χ3v) is 4.34. The molecule has 2 heteroatoms.